The Morgan fingerprint density at radius 3 is 1.22 bits per heavy atom. The summed E-state index contributed by atoms with van der Waals surface area (Å²) in [6.45, 7) is 6.47. The molecule has 1 amide bonds. The van der Waals surface area contributed by atoms with E-state index in [1.54, 1.807) is 0 Å². The molecule has 0 aliphatic rings. The third-order valence-electron chi connectivity index (χ3n) is 13.0. The van der Waals surface area contributed by atoms with Gasteiger partial charge in [-0.05, 0) is 51.4 Å². The van der Waals surface area contributed by atoms with Gasteiger partial charge in [-0.2, -0.15) is 0 Å². The summed E-state index contributed by atoms with van der Waals surface area (Å²) in [7, 11) is 0. The van der Waals surface area contributed by atoms with Crippen molar-refractivity contribution in [2.45, 2.75) is 309 Å². The van der Waals surface area contributed by atoms with Gasteiger partial charge in [0.05, 0.1) is 25.2 Å². The van der Waals surface area contributed by atoms with Crippen molar-refractivity contribution < 1.29 is 24.5 Å². The van der Waals surface area contributed by atoms with Crippen LogP contribution < -0.4 is 5.32 Å². The highest BCUT2D eigenvalue weighted by Crippen LogP contribution is 2.19. The Bertz CT molecular complexity index is 1110. The summed E-state index contributed by atoms with van der Waals surface area (Å²) in [6.07, 6.45) is 64.5. The Hall–Kier alpha value is -2.18. The molecule has 0 radical (unpaired) electrons. The Morgan fingerprint density at radius 2 is 0.785 bits per heavy atom. The Kier molecular flexibility index (Phi) is 51.0. The van der Waals surface area contributed by atoms with E-state index in [-0.39, 0.29) is 24.9 Å². The minimum Gasteiger partial charge on any atom is -0.462 e. The first-order chi connectivity index (χ1) is 32.0. The Labute approximate surface area is 404 Å². The van der Waals surface area contributed by atoms with E-state index in [1.807, 2.05) is 0 Å². The van der Waals surface area contributed by atoms with Gasteiger partial charge in [0.2, 0.25) is 5.91 Å². The number of hydrogen-bond acceptors (Lipinski definition) is 5. The zero-order valence-electron chi connectivity index (χ0n) is 43.4. The van der Waals surface area contributed by atoms with E-state index in [9.17, 15) is 19.8 Å². The number of carbonyl (C=O) groups is 2. The van der Waals surface area contributed by atoms with Crippen molar-refractivity contribution in [1.29, 1.82) is 0 Å². The molecule has 65 heavy (non-hydrogen) atoms. The van der Waals surface area contributed by atoms with E-state index in [2.05, 4.69) is 74.7 Å². The summed E-state index contributed by atoms with van der Waals surface area (Å²) in [5, 5.41) is 23.8. The molecule has 3 N–H and O–H groups in total. The maximum atomic E-state index is 13.3. The molecule has 0 aliphatic carbocycles. The molecule has 0 spiro atoms. The van der Waals surface area contributed by atoms with Crippen LogP contribution >= 0.6 is 0 Å². The number of hydrogen-bond donors (Lipinski definition) is 3. The molecule has 3 unspecified atom stereocenters. The van der Waals surface area contributed by atoms with Gasteiger partial charge in [0, 0.05) is 6.42 Å². The fraction of sp³-hybridized carbons (Fsp3) is 0.831. The highest BCUT2D eigenvalue weighted by molar-refractivity contribution is 5.77. The van der Waals surface area contributed by atoms with Gasteiger partial charge in [-0.3, -0.25) is 9.59 Å². The molecular weight excluding hydrogens is 803 g/mol. The van der Waals surface area contributed by atoms with Crippen molar-refractivity contribution >= 4 is 11.9 Å². The van der Waals surface area contributed by atoms with Gasteiger partial charge >= 0.3 is 5.97 Å². The van der Waals surface area contributed by atoms with Gasteiger partial charge in [-0.1, -0.05) is 275 Å². The summed E-state index contributed by atoms with van der Waals surface area (Å²) < 4.78 is 5.95. The predicted octanol–water partition coefficient (Wildman–Crippen LogP) is 17.4. The first kappa shape index (κ1) is 62.8. The average molecular weight is 913 g/mol. The molecule has 0 aromatic heterocycles. The summed E-state index contributed by atoms with van der Waals surface area (Å²) in [6, 6.07) is -0.705. The fourth-order valence-electron chi connectivity index (χ4n) is 8.68. The largest absolute Gasteiger partial charge is 0.462 e. The van der Waals surface area contributed by atoms with Gasteiger partial charge in [0.25, 0.3) is 0 Å². The molecule has 380 valence electrons. The van der Waals surface area contributed by atoms with Gasteiger partial charge < -0.3 is 20.3 Å². The average Bonchev–Trinajstić information content (AvgIpc) is 3.30. The van der Waals surface area contributed by atoms with E-state index < -0.39 is 18.2 Å². The maximum Gasteiger partial charge on any atom is 0.306 e. The van der Waals surface area contributed by atoms with Crippen LogP contribution in [0.1, 0.15) is 290 Å². The van der Waals surface area contributed by atoms with E-state index >= 15 is 0 Å². The fourth-order valence-corrected chi connectivity index (χ4v) is 8.68. The van der Waals surface area contributed by atoms with Crippen LogP contribution in [0.25, 0.3) is 0 Å². The number of aliphatic hydroxyl groups excluding tert-OH is 2. The second-order valence-electron chi connectivity index (χ2n) is 19.4. The third kappa shape index (κ3) is 48.1. The van der Waals surface area contributed by atoms with Crippen molar-refractivity contribution in [3.63, 3.8) is 0 Å². The highest BCUT2D eigenvalue weighted by Gasteiger charge is 2.24. The van der Waals surface area contributed by atoms with Gasteiger partial charge in [-0.25, -0.2) is 0 Å². The molecule has 0 fully saturated rings. The number of amides is 1. The van der Waals surface area contributed by atoms with Crippen LogP contribution in [-0.4, -0.2) is 46.9 Å². The summed E-state index contributed by atoms with van der Waals surface area (Å²) in [4.78, 5) is 26.3. The molecular formula is C59H109NO5. The summed E-state index contributed by atoms with van der Waals surface area (Å²) >= 11 is 0. The van der Waals surface area contributed by atoms with E-state index in [0.29, 0.717) is 19.3 Å². The lowest BCUT2D eigenvalue weighted by molar-refractivity contribution is -0.151. The molecule has 0 saturated heterocycles. The molecule has 0 aromatic carbocycles. The number of rotatable bonds is 51. The normalized spacial score (nSPS) is 13.5. The first-order valence-corrected chi connectivity index (χ1v) is 28.4. The Balaban J connectivity index is 4.60. The third-order valence-corrected chi connectivity index (χ3v) is 13.0. The molecule has 0 heterocycles. The second-order valence-corrected chi connectivity index (χ2v) is 19.4. The highest BCUT2D eigenvalue weighted by atomic mass is 16.5. The standard InChI is InChI=1S/C59H109NO5/c1-4-7-10-13-16-19-22-25-27-28-29-31-34-37-40-43-46-49-52-59(64)65-55(50-47-44-41-38-35-33-30-26-23-20-17-14-11-8-5-2)53-58(63)60-56(54-61)57(62)51-48-45-42-39-36-32-24-21-18-15-12-9-6-3/h16,19,22,25,27-29,31,55-57,61-62H,4-15,17-18,20-21,23-24,26,30,32-54H2,1-3H3,(H,60,63)/b19-16+,25-22+,28-27+,31-29+. The van der Waals surface area contributed by atoms with Crippen LogP contribution in [0.2, 0.25) is 0 Å². The number of ether oxygens (including phenoxy) is 1. The monoisotopic (exact) mass is 912 g/mol. The predicted molar refractivity (Wildman–Crippen MR) is 282 cm³/mol. The summed E-state index contributed by atoms with van der Waals surface area (Å²) in [5.74, 6) is -0.487. The van der Waals surface area contributed by atoms with Crippen LogP contribution in [0.3, 0.4) is 0 Å². The molecule has 6 heteroatoms. The first-order valence-electron chi connectivity index (χ1n) is 28.4. The van der Waals surface area contributed by atoms with Gasteiger partial charge in [0.1, 0.15) is 6.10 Å². The van der Waals surface area contributed by atoms with Crippen LogP contribution in [0.5, 0.6) is 0 Å². The van der Waals surface area contributed by atoms with Crippen LogP contribution in [0.4, 0.5) is 0 Å². The molecule has 3 atom stereocenters. The van der Waals surface area contributed by atoms with Crippen molar-refractivity contribution in [2.24, 2.45) is 0 Å². The summed E-state index contributed by atoms with van der Waals surface area (Å²) in [5.41, 5.74) is 0. The lowest BCUT2D eigenvalue weighted by Gasteiger charge is -2.24. The second kappa shape index (κ2) is 52.8. The molecule has 6 nitrogen and oxygen atoms in total. The molecule has 0 aliphatic heterocycles. The molecule has 0 aromatic rings. The Morgan fingerprint density at radius 1 is 0.446 bits per heavy atom. The number of nitrogens with one attached hydrogen (secondary N) is 1. The maximum absolute atomic E-state index is 13.3. The number of unbranched alkanes of at least 4 members (excludes halogenated alkanes) is 34. The number of esters is 1. The topological polar surface area (TPSA) is 95.9 Å². The lowest BCUT2D eigenvalue weighted by atomic mass is 10.0. The minimum atomic E-state index is -0.791. The van der Waals surface area contributed by atoms with E-state index in [0.717, 1.165) is 77.0 Å². The van der Waals surface area contributed by atoms with Crippen molar-refractivity contribution in [1.82, 2.24) is 5.32 Å². The molecule has 0 bridgehead atoms. The lowest BCUT2D eigenvalue weighted by Crippen LogP contribution is -2.46. The van der Waals surface area contributed by atoms with Crippen LogP contribution in [0.15, 0.2) is 48.6 Å². The smallest absolute Gasteiger partial charge is 0.306 e. The number of carbonyl (C=O) groups excluding carboxylic acids is 2. The van der Waals surface area contributed by atoms with Crippen molar-refractivity contribution in [2.75, 3.05) is 6.61 Å². The SMILES string of the molecule is CCCCC/C=C/C=C/C=C/C=C/CCCCCCCC(=O)OC(CCCCCCCCCCCCCCCCC)CC(=O)NC(CO)C(O)CCCCCCCCCCCCCCC. The van der Waals surface area contributed by atoms with Gasteiger partial charge in [0.15, 0.2) is 0 Å². The zero-order valence-corrected chi connectivity index (χ0v) is 43.4. The van der Waals surface area contributed by atoms with Gasteiger partial charge in [-0.15, -0.1) is 0 Å². The number of aliphatic hydroxyl groups is 2. The van der Waals surface area contributed by atoms with Crippen LogP contribution in [-0.2, 0) is 14.3 Å². The zero-order chi connectivity index (χ0) is 47.4. The minimum absolute atomic E-state index is 0.0709. The van der Waals surface area contributed by atoms with E-state index in [1.165, 1.54) is 167 Å². The molecule has 0 saturated carbocycles. The quantitative estimate of drug-likeness (QED) is 0.0321. The number of allylic oxidation sites excluding steroid dienone is 8. The van der Waals surface area contributed by atoms with E-state index in [4.69, 9.17) is 4.74 Å². The van der Waals surface area contributed by atoms with Crippen LogP contribution in [0, 0.1) is 0 Å². The van der Waals surface area contributed by atoms with Crippen molar-refractivity contribution in [3.8, 4) is 0 Å². The molecule has 0 rings (SSSR count). The van der Waals surface area contributed by atoms with Crippen molar-refractivity contribution in [3.05, 3.63) is 48.6 Å².